The molecule has 1 aromatic rings. The van der Waals surface area contributed by atoms with Crippen molar-refractivity contribution in [3.8, 4) is 11.5 Å². The van der Waals surface area contributed by atoms with E-state index in [1.54, 1.807) is 19.1 Å². The normalized spacial score (nSPS) is 10.5. The molecule has 0 amide bonds. The number of hydrogen-bond acceptors (Lipinski definition) is 3. The Kier molecular flexibility index (Phi) is 11.5. The van der Waals surface area contributed by atoms with Crippen LogP contribution in [0.4, 0.5) is 0 Å². The molecule has 0 radical (unpaired) electrons. The Morgan fingerprint density at radius 2 is 1.48 bits per heavy atom. The van der Waals surface area contributed by atoms with Gasteiger partial charge in [-0.15, -0.1) is 0 Å². The molecule has 0 spiro atoms. The van der Waals surface area contributed by atoms with E-state index in [0.717, 1.165) is 12.2 Å². The summed E-state index contributed by atoms with van der Waals surface area (Å²) in [7, 11) is 0. The lowest BCUT2D eigenvalue weighted by atomic mass is 10.1. The third-order valence-corrected chi connectivity index (χ3v) is 4.13. The summed E-state index contributed by atoms with van der Waals surface area (Å²) in [6, 6.07) is 7.20. The molecule has 0 fully saturated rings. The van der Waals surface area contributed by atoms with E-state index in [1.807, 2.05) is 12.1 Å². The van der Waals surface area contributed by atoms with Crippen molar-refractivity contribution in [2.24, 2.45) is 0 Å². The van der Waals surface area contributed by atoms with Crippen LogP contribution in [0.5, 0.6) is 11.5 Å². The second kappa shape index (κ2) is 13.5. The average molecular weight is 347 g/mol. The molecule has 3 nitrogen and oxygen atoms in total. The van der Waals surface area contributed by atoms with Crippen LogP contribution in [0.1, 0.15) is 78.1 Å². The van der Waals surface area contributed by atoms with E-state index in [2.05, 4.69) is 13.5 Å². The van der Waals surface area contributed by atoms with E-state index in [9.17, 15) is 4.79 Å². The third kappa shape index (κ3) is 10.6. The molecule has 0 aliphatic carbocycles. The van der Waals surface area contributed by atoms with Gasteiger partial charge in [-0.05, 0) is 25.5 Å². The van der Waals surface area contributed by atoms with Gasteiger partial charge < -0.3 is 9.47 Å². The number of hydrogen-bond donors (Lipinski definition) is 0. The van der Waals surface area contributed by atoms with Crippen molar-refractivity contribution >= 4 is 5.97 Å². The van der Waals surface area contributed by atoms with E-state index >= 15 is 0 Å². The van der Waals surface area contributed by atoms with E-state index < -0.39 is 5.97 Å². The first kappa shape index (κ1) is 21.3. The molecule has 0 aliphatic rings. The van der Waals surface area contributed by atoms with Crippen molar-refractivity contribution < 1.29 is 14.3 Å². The molecule has 3 heteroatoms. The van der Waals surface area contributed by atoms with Gasteiger partial charge in [0.15, 0.2) is 0 Å². The van der Waals surface area contributed by atoms with Crippen LogP contribution in [0.15, 0.2) is 36.4 Å². The minimum atomic E-state index is -0.410. The summed E-state index contributed by atoms with van der Waals surface area (Å²) in [5.74, 6) is 0.823. The summed E-state index contributed by atoms with van der Waals surface area (Å²) in [4.78, 5) is 11.5. The van der Waals surface area contributed by atoms with Gasteiger partial charge in [0.25, 0.3) is 0 Å². The van der Waals surface area contributed by atoms with E-state index in [0.29, 0.717) is 17.9 Å². The fourth-order valence-corrected chi connectivity index (χ4v) is 2.60. The SMILES string of the molecule is C=C(C)C(=O)Oc1cccc(OCCCCCCCCCCCC)c1. The minimum absolute atomic E-state index is 0.386. The Labute approximate surface area is 153 Å². The lowest BCUT2D eigenvalue weighted by molar-refractivity contribution is -0.130. The number of benzene rings is 1. The average Bonchev–Trinajstić information content (AvgIpc) is 2.60. The van der Waals surface area contributed by atoms with Crippen LogP contribution in [0.25, 0.3) is 0 Å². The molecule has 0 unspecified atom stereocenters. The third-order valence-electron chi connectivity index (χ3n) is 4.13. The number of ether oxygens (including phenoxy) is 2. The highest BCUT2D eigenvalue weighted by molar-refractivity contribution is 5.88. The van der Waals surface area contributed by atoms with Crippen LogP contribution in [0.2, 0.25) is 0 Å². The van der Waals surface area contributed by atoms with Crippen LogP contribution < -0.4 is 9.47 Å². The molecule has 25 heavy (non-hydrogen) atoms. The highest BCUT2D eigenvalue weighted by Gasteiger charge is 2.06. The van der Waals surface area contributed by atoms with Crippen LogP contribution >= 0.6 is 0 Å². The molecule has 1 rings (SSSR count). The lowest BCUT2D eigenvalue weighted by Crippen LogP contribution is -2.08. The summed E-state index contributed by atoms with van der Waals surface area (Å²) in [5, 5.41) is 0. The standard InChI is InChI=1S/C22H34O3/c1-4-5-6-7-8-9-10-11-12-13-17-24-20-15-14-16-21(18-20)25-22(23)19(2)3/h14-16,18H,2,4-13,17H2,1,3H3. The smallest absolute Gasteiger partial charge is 0.338 e. The van der Waals surface area contributed by atoms with Crippen LogP contribution in [-0.4, -0.2) is 12.6 Å². The largest absolute Gasteiger partial charge is 0.493 e. The van der Waals surface area contributed by atoms with Gasteiger partial charge in [0, 0.05) is 11.6 Å². The summed E-state index contributed by atoms with van der Waals surface area (Å²) < 4.78 is 11.0. The minimum Gasteiger partial charge on any atom is -0.493 e. The molecule has 0 aromatic heterocycles. The van der Waals surface area contributed by atoms with Gasteiger partial charge in [0.2, 0.25) is 0 Å². The number of esters is 1. The fourth-order valence-electron chi connectivity index (χ4n) is 2.60. The number of carbonyl (C=O) groups is 1. The van der Waals surface area contributed by atoms with Gasteiger partial charge in [-0.2, -0.15) is 0 Å². The van der Waals surface area contributed by atoms with Crippen molar-refractivity contribution in [1.29, 1.82) is 0 Å². The second-order valence-corrected chi connectivity index (χ2v) is 6.68. The Morgan fingerprint density at radius 1 is 0.920 bits per heavy atom. The van der Waals surface area contributed by atoms with E-state index in [-0.39, 0.29) is 0 Å². The Morgan fingerprint density at radius 3 is 2.08 bits per heavy atom. The zero-order valence-electron chi connectivity index (χ0n) is 16.0. The summed E-state index contributed by atoms with van der Waals surface area (Å²) in [6.07, 6.45) is 13.1. The Hall–Kier alpha value is -1.77. The highest BCUT2D eigenvalue weighted by Crippen LogP contribution is 2.20. The maximum absolute atomic E-state index is 11.5. The van der Waals surface area contributed by atoms with Crippen molar-refractivity contribution in [2.75, 3.05) is 6.61 Å². The number of unbranched alkanes of at least 4 members (excludes halogenated alkanes) is 9. The van der Waals surface area contributed by atoms with Gasteiger partial charge in [-0.3, -0.25) is 0 Å². The Balaban J connectivity index is 2.08. The van der Waals surface area contributed by atoms with E-state index in [4.69, 9.17) is 9.47 Å². The molecule has 0 bridgehead atoms. The molecular formula is C22H34O3. The molecule has 0 atom stereocenters. The highest BCUT2D eigenvalue weighted by atomic mass is 16.5. The Bertz CT molecular complexity index is 508. The molecule has 0 saturated heterocycles. The summed E-state index contributed by atoms with van der Waals surface area (Å²) in [5.41, 5.74) is 0.386. The molecule has 140 valence electrons. The lowest BCUT2D eigenvalue weighted by Gasteiger charge is -2.08. The zero-order chi connectivity index (χ0) is 18.3. The van der Waals surface area contributed by atoms with Crippen molar-refractivity contribution in [2.45, 2.75) is 78.1 Å². The van der Waals surface area contributed by atoms with E-state index in [1.165, 1.54) is 57.8 Å². The maximum atomic E-state index is 11.5. The predicted molar refractivity (Wildman–Crippen MR) is 104 cm³/mol. The van der Waals surface area contributed by atoms with Gasteiger partial charge >= 0.3 is 5.97 Å². The summed E-state index contributed by atoms with van der Waals surface area (Å²) in [6.45, 7) is 8.17. The van der Waals surface area contributed by atoms with Gasteiger partial charge in [0.1, 0.15) is 11.5 Å². The van der Waals surface area contributed by atoms with Gasteiger partial charge in [-0.25, -0.2) is 4.79 Å². The summed E-state index contributed by atoms with van der Waals surface area (Å²) >= 11 is 0. The molecular weight excluding hydrogens is 312 g/mol. The van der Waals surface area contributed by atoms with Crippen LogP contribution in [-0.2, 0) is 4.79 Å². The van der Waals surface area contributed by atoms with Crippen molar-refractivity contribution in [1.82, 2.24) is 0 Å². The van der Waals surface area contributed by atoms with Crippen LogP contribution in [0, 0.1) is 0 Å². The molecule has 0 N–H and O–H groups in total. The first-order valence-corrected chi connectivity index (χ1v) is 9.74. The van der Waals surface area contributed by atoms with Gasteiger partial charge in [0.05, 0.1) is 6.61 Å². The maximum Gasteiger partial charge on any atom is 0.338 e. The number of rotatable bonds is 14. The second-order valence-electron chi connectivity index (χ2n) is 6.68. The topological polar surface area (TPSA) is 35.5 Å². The first-order valence-electron chi connectivity index (χ1n) is 9.74. The zero-order valence-corrected chi connectivity index (χ0v) is 16.0. The molecule has 1 aromatic carbocycles. The quantitative estimate of drug-likeness (QED) is 0.168. The number of carbonyl (C=O) groups excluding carboxylic acids is 1. The van der Waals surface area contributed by atoms with Gasteiger partial charge in [-0.1, -0.05) is 77.4 Å². The molecule has 0 saturated carbocycles. The predicted octanol–water partition coefficient (Wildman–Crippen LogP) is 6.47. The molecule has 0 aliphatic heterocycles. The fraction of sp³-hybridized carbons (Fsp3) is 0.591. The van der Waals surface area contributed by atoms with Crippen LogP contribution in [0.3, 0.4) is 0 Å². The molecule has 0 heterocycles. The first-order chi connectivity index (χ1) is 12.1. The van der Waals surface area contributed by atoms with Crippen molar-refractivity contribution in [3.05, 3.63) is 36.4 Å². The monoisotopic (exact) mass is 346 g/mol. The van der Waals surface area contributed by atoms with Crippen molar-refractivity contribution in [3.63, 3.8) is 0 Å².